The number of ether oxygens (including phenoxy) is 1. The first kappa shape index (κ1) is 21.1. The first-order chi connectivity index (χ1) is 14.7. The Hall–Kier alpha value is -3.15. The molecule has 2 atom stereocenters. The molecule has 31 heavy (non-hydrogen) atoms. The minimum absolute atomic E-state index is 0.142. The van der Waals surface area contributed by atoms with Crippen molar-refractivity contribution in [3.63, 3.8) is 0 Å². The maximum Gasteiger partial charge on any atom is 0.255 e. The van der Waals surface area contributed by atoms with Gasteiger partial charge in [0.15, 0.2) is 0 Å². The second kappa shape index (κ2) is 7.52. The number of nitrogens with one attached hydrogen (secondary N) is 1. The smallest absolute Gasteiger partial charge is 0.255 e. The van der Waals surface area contributed by atoms with Gasteiger partial charge in [0.1, 0.15) is 5.75 Å². The number of hydrogen-bond acceptors (Lipinski definition) is 4. The van der Waals surface area contributed by atoms with Gasteiger partial charge in [0.2, 0.25) is 11.8 Å². The number of carbonyl (C=O) groups is 3. The van der Waals surface area contributed by atoms with Crippen LogP contribution >= 0.6 is 0 Å². The summed E-state index contributed by atoms with van der Waals surface area (Å²) in [5, 5.41) is 2.84. The van der Waals surface area contributed by atoms with Gasteiger partial charge in [-0.2, -0.15) is 0 Å². The van der Waals surface area contributed by atoms with Gasteiger partial charge >= 0.3 is 0 Å². The number of hydrogen-bond donors (Lipinski definition) is 1. The highest BCUT2D eigenvalue weighted by atomic mass is 16.5. The van der Waals surface area contributed by atoms with Crippen LogP contribution in [-0.4, -0.2) is 24.3 Å². The number of carbonyl (C=O) groups excluding carboxylic acids is 3. The molecule has 2 bridgehead atoms. The summed E-state index contributed by atoms with van der Waals surface area (Å²) in [7, 11) is 0. The molecule has 2 aromatic rings. The van der Waals surface area contributed by atoms with E-state index in [4.69, 9.17) is 4.74 Å². The molecule has 2 aliphatic rings. The summed E-state index contributed by atoms with van der Waals surface area (Å²) in [4.78, 5) is 40.3. The Balaban J connectivity index is 1.51. The van der Waals surface area contributed by atoms with Crippen molar-refractivity contribution < 1.29 is 19.1 Å². The molecule has 0 spiro atoms. The van der Waals surface area contributed by atoms with E-state index in [-0.39, 0.29) is 29.1 Å². The zero-order chi connectivity index (χ0) is 22.4. The van der Waals surface area contributed by atoms with Crippen molar-refractivity contribution in [3.05, 3.63) is 54.1 Å². The molecule has 0 aromatic heterocycles. The fourth-order valence-corrected chi connectivity index (χ4v) is 4.83. The largest absolute Gasteiger partial charge is 0.494 e. The van der Waals surface area contributed by atoms with Gasteiger partial charge in [0, 0.05) is 17.2 Å². The Labute approximate surface area is 182 Å². The summed E-state index contributed by atoms with van der Waals surface area (Å²) >= 11 is 0. The lowest BCUT2D eigenvalue weighted by Gasteiger charge is -2.47. The highest BCUT2D eigenvalue weighted by Gasteiger charge is 2.64. The molecule has 1 heterocycles. The zero-order valence-electron chi connectivity index (χ0n) is 18.4. The van der Waals surface area contributed by atoms with Gasteiger partial charge in [-0.05, 0) is 73.7 Å². The first-order valence-electron chi connectivity index (χ1n) is 10.7. The van der Waals surface area contributed by atoms with Crippen molar-refractivity contribution >= 4 is 29.1 Å². The molecule has 1 aliphatic heterocycles. The molecule has 6 nitrogen and oxygen atoms in total. The van der Waals surface area contributed by atoms with Crippen molar-refractivity contribution in [3.8, 4) is 5.75 Å². The van der Waals surface area contributed by atoms with Gasteiger partial charge in [0.05, 0.1) is 17.7 Å². The standard InChI is InChI=1S/C25H28N2O4/c1-5-31-19-12-8-17(9-13-19)26-21(28)16-6-10-18(11-7-16)27-22(29)20-14-15-25(4,23(27)30)24(20,2)3/h6-13,20H,5,14-15H2,1-4H3,(H,26,28)/t20-,25-/m0/s1. The molecular weight excluding hydrogens is 392 g/mol. The van der Waals surface area contributed by atoms with Gasteiger partial charge in [-0.3, -0.25) is 14.4 Å². The lowest BCUT2D eigenvalue weighted by atomic mass is 9.62. The number of amides is 3. The van der Waals surface area contributed by atoms with E-state index in [0.29, 0.717) is 30.0 Å². The predicted molar refractivity (Wildman–Crippen MR) is 119 cm³/mol. The third-order valence-corrected chi connectivity index (χ3v) is 7.23. The minimum Gasteiger partial charge on any atom is -0.494 e. The van der Waals surface area contributed by atoms with Gasteiger partial charge in [-0.1, -0.05) is 20.8 Å². The van der Waals surface area contributed by atoms with Gasteiger partial charge < -0.3 is 10.1 Å². The van der Waals surface area contributed by atoms with Crippen LogP contribution in [0.25, 0.3) is 0 Å². The summed E-state index contributed by atoms with van der Waals surface area (Å²) in [5.41, 5.74) is 0.709. The average Bonchev–Trinajstić information content (AvgIpc) is 2.93. The van der Waals surface area contributed by atoms with Crippen molar-refractivity contribution in [2.24, 2.45) is 16.7 Å². The highest BCUT2D eigenvalue weighted by molar-refractivity contribution is 6.20. The van der Waals surface area contributed by atoms with Crippen molar-refractivity contribution in [1.29, 1.82) is 0 Å². The van der Waals surface area contributed by atoms with E-state index in [1.807, 2.05) is 27.7 Å². The summed E-state index contributed by atoms with van der Waals surface area (Å²) in [5.74, 6) is 0.0176. The number of anilines is 2. The zero-order valence-corrected chi connectivity index (χ0v) is 18.4. The first-order valence-corrected chi connectivity index (χ1v) is 10.7. The van der Waals surface area contributed by atoms with Crippen LogP contribution < -0.4 is 15.0 Å². The van der Waals surface area contributed by atoms with Gasteiger partial charge in [0.25, 0.3) is 5.91 Å². The molecule has 0 unspecified atom stereocenters. The summed E-state index contributed by atoms with van der Waals surface area (Å²) in [6.07, 6.45) is 1.45. The summed E-state index contributed by atoms with van der Waals surface area (Å²) in [6, 6.07) is 13.8. The van der Waals surface area contributed by atoms with Crippen LogP contribution in [0.1, 0.15) is 50.9 Å². The Morgan fingerprint density at radius 3 is 2.32 bits per heavy atom. The van der Waals surface area contributed by atoms with E-state index < -0.39 is 5.41 Å². The lowest BCUT2D eigenvalue weighted by molar-refractivity contribution is -0.146. The van der Waals surface area contributed by atoms with E-state index in [9.17, 15) is 14.4 Å². The van der Waals surface area contributed by atoms with Crippen LogP contribution in [0, 0.1) is 16.7 Å². The van der Waals surface area contributed by atoms with E-state index in [2.05, 4.69) is 5.32 Å². The maximum absolute atomic E-state index is 13.3. The van der Waals surface area contributed by atoms with Crippen molar-refractivity contribution in [2.75, 3.05) is 16.8 Å². The molecular formula is C25H28N2O4. The molecule has 4 rings (SSSR count). The Bertz CT molecular complexity index is 1030. The van der Waals surface area contributed by atoms with E-state index in [1.54, 1.807) is 48.5 Å². The molecule has 1 saturated carbocycles. The highest BCUT2D eigenvalue weighted by Crippen LogP contribution is 2.60. The predicted octanol–water partition coefficient (Wildman–Crippen LogP) is 4.65. The summed E-state index contributed by atoms with van der Waals surface area (Å²) < 4.78 is 5.41. The second-order valence-corrected chi connectivity index (χ2v) is 9.08. The molecule has 1 saturated heterocycles. The van der Waals surface area contributed by atoms with Crippen LogP contribution in [0.15, 0.2) is 48.5 Å². The third-order valence-electron chi connectivity index (χ3n) is 7.23. The molecule has 3 amide bonds. The van der Waals surface area contributed by atoms with Crippen LogP contribution in [0.4, 0.5) is 11.4 Å². The number of rotatable bonds is 5. The van der Waals surface area contributed by atoms with E-state index in [1.165, 1.54) is 4.90 Å². The lowest BCUT2D eigenvalue weighted by Crippen LogP contribution is -2.59. The van der Waals surface area contributed by atoms with Crippen molar-refractivity contribution in [2.45, 2.75) is 40.5 Å². The molecule has 2 fully saturated rings. The fraction of sp³-hybridized carbons (Fsp3) is 0.400. The fourth-order valence-electron chi connectivity index (χ4n) is 4.83. The van der Waals surface area contributed by atoms with Gasteiger partial charge in [-0.15, -0.1) is 0 Å². The molecule has 2 aromatic carbocycles. The molecule has 162 valence electrons. The third kappa shape index (κ3) is 3.30. The number of piperidine rings is 1. The molecule has 0 radical (unpaired) electrons. The number of benzene rings is 2. The SMILES string of the molecule is CCOc1ccc(NC(=O)c2ccc(N3C(=O)[C@@H]4CC[C@@](C)(C3=O)C4(C)C)cc2)cc1. The number of nitrogens with zero attached hydrogens (tertiary/aromatic N) is 1. The Morgan fingerprint density at radius 1 is 1.06 bits per heavy atom. The van der Waals surface area contributed by atoms with Crippen LogP contribution in [-0.2, 0) is 9.59 Å². The van der Waals surface area contributed by atoms with Crippen LogP contribution in [0.3, 0.4) is 0 Å². The topological polar surface area (TPSA) is 75.7 Å². The average molecular weight is 421 g/mol. The quantitative estimate of drug-likeness (QED) is 0.714. The Kier molecular flexibility index (Phi) is 5.12. The van der Waals surface area contributed by atoms with E-state index in [0.717, 1.165) is 12.2 Å². The monoisotopic (exact) mass is 420 g/mol. The maximum atomic E-state index is 13.3. The molecule has 6 heteroatoms. The van der Waals surface area contributed by atoms with Crippen LogP contribution in [0.2, 0.25) is 0 Å². The Morgan fingerprint density at radius 2 is 1.71 bits per heavy atom. The number of imide groups is 1. The second-order valence-electron chi connectivity index (χ2n) is 9.08. The molecule has 1 N–H and O–H groups in total. The van der Waals surface area contributed by atoms with E-state index >= 15 is 0 Å². The normalized spacial score (nSPS) is 24.3. The summed E-state index contributed by atoms with van der Waals surface area (Å²) in [6.45, 7) is 8.50. The number of fused-ring (bicyclic) bond motifs is 2. The van der Waals surface area contributed by atoms with Gasteiger partial charge in [-0.25, -0.2) is 4.90 Å². The minimum atomic E-state index is -0.560. The molecule has 1 aliphatic carbocycles. The van der Waals surface area contributed by atoms with Crippen molar-refractivity contribution in [1.82, 2.24) is 0 Å². The van der Waals surface area contributed by atoms with Crippen LogP contribution in [0.5, 0.6) is 5.75 Å².